The van der Waals surface area contributed by atoms with Crippen LogP contribution >= 0.6 is 0 Å². The van der Waals surface area contributed by atoms with Crippen LogP contribution in [0.4, 0.5) is 5.82 Å². The van der Waals surface area contributed by atoms with Crippen LogP contribution in [0.1, 0.15) is 24.3 Å². The van der Waals surface area contributed by atoms with Gasteiger partial charge in [0.25, 0.3) is 5.91 Å². The van der Waals surface area contributed by atoms with Crippen molar-refractivity contribution in [1.82, 2.24) is 20.2 Å². The maximum absolute atomic E-state index is 11.8. The number of likely N-dealkylation sites (N-methyl/N-ethyl adjacent to an activating group) is 1. The molecule has 19 heavy (non-hydrogen) atoms. The summed E-state index contributed by atoms with van der Waals surface area (Å²) in [4.78, 5) is 24.8. The molecule has 0 radical (unpaired) electrons. The van der Waals surface area contributed by atoms with Gasteiger partial charge in [-0.1, -0.05) is 0 Å². The number of nitrogens with zero attached hydrogens (tertiary/aromatic N) is 4. The molecule has 1 aliphatic rings. The number of hydrogen-bond donors (Lipinski definition) is 1. The summed E-state index contributed by atoms with van der Waals surface area (Å²) in [5.41, 5.74) is 0.367. The summed E-state index contributed by atoms with van der Waals surface area (Å²) in [5.74, 6) is 0.668. The topological polar surface area (TPSA) is 61.4 Å². The molecule has 0 saturated carbocycles. The molecular formula is C13H21N5O. The van der Waals surface area contributed by atoms with E-state index in [0.717, 1.165) is 32.0 Å². The number of rotatable bonds is 3. The first-order valence-corrected chi connectivity index (χ1v) is 6.62. The van der Waals surface area contributed by atoms with Gasteiger partial charge in [0.2, 0.25) is 0 Å². The number of aromatic nitrogens is 2. The second kappa shape index (κ2) is 5.97. The third kappa shape index (κ3) is 3.64. The molecule has 1 N–H and O–H groups in total. The van der Waals surface area contributed by atoms with Crippen molar-refractivity contribution in [2.24, 2.45) is 0 Å². The van der Waals surface area contributed by atoms with Gasteiger partial charge in [-0.25, -0.2) is 9.97 Å². The first kappa shape index (κ1) is 13.7. The molecule has 6 nitrogen and oxygen atoms in total. The number of carbonyl (C=O) groups is 1. The Bertz CT molecular complexity index is 423. The number of hydrogen-bond acceptors (Lipinski definition) is 5. The van der Waals surface area contributed by atoms with Crippen LogP contribution in [0.25, 0.3) is 0 Å². The number of piperazine rings is 1. The Morgan fingerprint density at radius 1 is 1.21 bits per heavy atom. The van der Waals surface area contributed by atoms with Crippen LogP contribution < -0.4 is 10.2 Å². The highest BCUT2D eigenvalue weighted by molar-refractivity contribution is 5.92. The van der Waals surface area contributed by atoms with Gasteiger partial charge in [0.15, 0.2) is 0 Å². The van der Waals surface area contributed by atoms with E-state index in [1.54, 1.807) is 12.4 Å². The van der Waals surface area contributed by atoms with Crippen molar-refractivity contribution in [2.75, 3.05) is 38.1 Å². The maximum Gasteiger partial charge on any atom is 0.271 e. The average Bonchev–Trinajstić information content (AvgIpc) is 2.39. The largest absolute Gasteiger partial charge is 0.353 e. The van der Waals surface area contributed by atoms with E-state index in [4.69, 9.17) is 0 Å². The average molecular weight is 263 g/mol. The SMILES string of the molecule is CC(C)NC(=O)c1cnc(N2CCN(C)CC2)cn1. The van der Waals surface area contributed by atoms with E-state index in [0.29, 0.717) is 5.69 Å². The Hall–Kier alpha value is -1.69. The zero-order valence-electron chi connectivity index (χ0n) is 11.8. The van der Waals surface area contributed by atoms with Gasteiger partial charge >= 0.3 is 0 Å². The lowest BCUT2D eigenvalue weighted by atomic mass is 10.3. The molecule has 1 aliphatic heterocycles. The van der Waals surface area contributed by atoms with Crippen molar-refractivity contribution in [3.05, 3.63) is 18.1 Å². The second-order valence-electron chi connectivity index (χ2n) is 5.18. The fourth-order valence-electron chi connectivity index (χ4n) is 1.97. The molecule has 0 bridgehead atoms. The Balaban J connectivity index is 2.00. The van der Waals surface area contributed by atoms with Gasteiger partial charge in [-0.2, -0.15) is 0 Å². The summed E-state index contributed by atoms with van der Waals surface area (Å²) in [7, 11) is 2.11. The van der Waals surface area contributed by atoms with E-state index in [1.807, 2.05) is 13.8 Å². The molecule has 1 saturated heterocycles. The molecule has 1 aromatic heterocycles. The molecule has 6 heteroatoms. The lowest BCUT2D eigenvalue weighted by Gasteiger charge is -2.32. The smallest absolute Gasteiger partial charge is 0.271 e. The molecule has 2 heterocycles. The minimum atomic E-state index is -0.174. The lowest BCUT2D eigenvalue weighted by Crippen LogP contribution is -2.44. The Morgan fingerprint density at radius 3 is 2.42 bits per heavy atom. The summed E-state index contributed by atoms with van der Waals surface area (Å²) < 4.78 is 0. The summed E-state index contributed by atoms with van der Waals surface area (Å²) in [5, 5.41) is 2.80. The van der Waals surface area contributed by atoms with Crippen molar-refractivity contribution in [1.29, 1.82) is 0 Å². The van der Waals surface area contributed by atoms with Crippen molar-refractivity contribution in [3.8, 4) is 0 Å². The van der Waals surface area contributed by atoms with E-state index in [9.17, 15) is 4.79 Å². The predicted molar refractivity (Wildman–Crippen MR) is 74.3 cm³/mol. The van der Waals surface area contributed by atoms with Gasteiger partial charge in [0, 0.05) is 32.2 Å². The molecule has 104 valence electrons. The van der Waals surface area contributed by atoms with Gasteiger partial charge in [-0.15, -0.1) is 0 Å². The van der Waals surface area contributed by atoms with Gasteiger partial charge in [-0.05, 0) is 20.9 Å². The van der Waals surface area contributed by atoms with E-state index < -0.39 is 0 Å². The highest BCUT2D eigenvalue weighted by atomic mass is 16.1. The summed E-state index contributed by atoms with van der Waals surface area (Å²) in [6.07, 6.45) is 3.23. The molecule has 0 spiro atoms. The van der Waals surface area contributed by atoms with Crippen LogP contribution in [-0.4, -0.2) is 60.0 Å². The molecule has 1 amide bonds. The number of carbonyl (C=O) groups excluding carboxylic acids is 1. The van der Waals surface area contributed by atoms with Crippen LogP contribution in [0.2, 0.25) is 0 Å². The Kier molecular flexibility index (Phi) is 4.31. The van der Waals surface area contributed by atoms with Crippen molar-refractivity contribution >= 4 is 11.7 Å². The number of nitrogens with one attached hydrogen (secondary N) is 1. The van der Waals surface area contributed by atoms with E-state index in [2.05, 4.69) is 32.1 Å². The normalized spacial score (nSPS) is 16.7. The van der Waals surface area contributed by atoms with Crippen LogP contribution in [0.15, 0.2) is 12.4 Å². The van der Waals surface area contributed by atoms with Crippen LogP contribution in [-0.2, 0) is 0 Å². The molecule has 0 aliphatic carbocycles. The first-order chi connectivity index (χ1) is 9.06. The molecule has 0 aromatic carbocycles. The van der Waals surface area contributed by atoms with Crippen LogP contribution in [0.5, 0.6) is 0 Å². The summed E-state index contributed by atoms with van der Waals surface area (Å²) >= 11 is 0. The highest BCUT2D eigenvalue weighted by Gasteiger charge is 2.16. The predicted octanol–water partition coefficient (Wildman–Crippen LogP) is 0.367. The van der Waals surface area contributed by atoms with Gasteiger partial charge in [0.05, 0.1) is 12.4 Å². The first-order valence-electron chi connectivity index (χ1n) is 6.62. The highest BCUT2D eigenvalue weighted by Crippen LogP contribution is 2.11. The quantitative estimate of drug-likeness (QED) is 0.853. The molecule has 0 atom stereocenters. The Labute approximate surface area is 113 Å². The minimum Gasteiger partial charge on any atom is -0.353 e. The standard InChI is InChI=1S/C13H21N5O/c1-10(2)16-13(19)11-8-15-12(9-14-11)18-6-4-17(3)5-7-18/h8-10H,4-7H2,1-3H3,(H,16,19). The summed E-state index contributed by atoms with van der Waals surface area (Å²) in [6.45, 7) is 7.79. The number of amides is 1. The maximum atomic E-state index is 11.8. The third-order valence-corrected chi connectivity index (χ3v) is 3.12. The zero-order valence-corrected chi connectivity index (χ0v) is 11.8. The van der Waals surface area contributed by atoms with E-state index in [1.165, 1.54) is 0 Å². The van der Waals surface area contributed by atoms with Crippen LogP contribution in [0, 0.1) is 0 Å². The second-order valence-corrected chi connectivity index (χ2v) is 5.18. The van der Waals surface area contributed by atoms with Crippen molar-refractivity contribution in [2.45, 2.75) is 19.9 Å². The van der Waals surface area contributed by atoms with Gasteiger partial charge < -0.3 is 15.1 Å². The molecule has 0 unspecified atom stereocenters. The molecule has 1 fully saturated rings. The van der Waals surface area contributed by atoms with Crippen LogP contribution in [0.3, 0.4) is 0 Å². The third-order valence-electron chi connectivity index (χ3n) is 3.12. The zero-order chi connectivity index (χ0) is 13.8. The Morgan fingerprint density at radius 2 is 1.89 bits per heavy atom. The molecule has 1 aromatic rings. The van der Waals surface area contributed by atoms with Crippen molar-refractivity contribution in [3.63, 3.8) is 0 Å². The van der Waals surface area contributed by atoms with Gasteiger partial charge in [0.1, 0.15) is 11.5 Å². The summed E-state index contributed by atoms with van der Waals surface area (Å²) in [6, 6.07) is 0.103. The number of anilines is 1. The fourth-order valence-corrected chi connectivity index (χ4v) is 1.97. The van der Waals surface area contributed by atoms with E-state index in [-0.39, 0.29) is 11.9 Å². The lowest BCUT2D eigenvalue weighted by molar-refractivity contribution is 0.0937. The molecular weight excluding hydrogens is 242 g/mol. The fraction of sp³-hybridized carbons (Fsp3) is 0.615. The monoisotopic (exact) mass is 263 g/mol. The van der Waals surface area contributed by atoms with E-state index >= 15 is 0 Å². The minimum absolute atomic E-state index is 0.103. The van der Waals surface area contributed by atoms with Gasteiger partial charge in [-0.3, -0.25) is 4.79 Å². The molecule has 2 rings (SSSR count). The van der Waals surface area contributed by atoms with Crippen molar-refractivity contribution < 1.29 is 4.79 Å².